The number of nitro benzene ring substituents is 1. The van der Waals surface area contributed by atoms with Crippen molar-refractivity contribution in [3.63, 3.8) is 0 Å². The molecule has 1 aliphatic heterocycles. The summed E-state index contributed by atoms with van der Waals surface area (Å²) in [4.78, 5) is 30.0. The zero-order chi connectivity index (χ0) is 36.2. The van der Waals surface area contributed by atoms with Gasteiger partial charge in [-0.25, -0.2) is 4.98 Å². The summed E-state index contributed by atoms with van der Waals surface area (Å²) >= 11 is 0. The lowest BCUT2D eigenvalue weighted by Crippen LogP contribution is -2.34. The Kier molecular flexibility index (Phi) is 16.0. The maximum Gasteiger partial charge on any atom is 0.269 e. The minimum atomic E-state index is -0.431. The standard InChI is InChI=1S/C28H27N4O5P.C6H15N.CH4O/c1-20-18-26(37-38-36-17-3-16-29)19-31(20)28(33)23-11-9-22(10-12-23)27-5-2-4-24(30-27)13-6-21-7-14-25(15-8-21)32(34)35;1-5(2)7-6(3)4;1-2/h2,4-15,20,26,38H,3,17-19H2,1H3;5-7H,1-4H3;2H,1H3/b13-6+;;/t20-,26-;;/m1../s1/i1D;;2T. The molecule has 3 atom stereocenters. The summed E-state index contributed by atoms with van der Waals surface area (Å²) in [5.74, 6) is -0.147. The van der Waals surface area contributed by atoms with E-state index in [1.165, 1.54) is 19.2 Å². The van der Waals surface area contributed by atoms with Crippen LogP contribution in [0, 0.1) is 21.4 Å². The normalized spacial score (nSPS) is 16.3. The Morgan fingerprint density at radius 3 is 2.47 bits per heavy atom. The SMILES string of the molecule is CC(C)NC(C)C.[2H]C[C@@H]1C[C@@H](OPOCCC#N)CN1C(=O)c1ccc(-c2cccc(/C=C/c3ccc([N+](=O)[O-])cc3)n2)cc1.[3H]OC. The molecule has 2 heterocycles. The van der Waals surface area contributed by atoms with Gasteiger partial charge in [0.2, 0.25) is 1.43 Å². The number of likely N-dealkylation sites (tertiary alicyclic amines) is 1. The number of carbonyl (C=O) groups is 1. The van der Waals surface area contributed by atoms with Crippen LogP contribution in [-0.4, -0.2) is 71.7 Å². The number of hydrogen-bond donors (Lipinski definition) is 2. The summed E-state index contributed by atoms with van der Waals surface area (Å²) in [6, 6.07) is 22.2. The molecule has 0 aliphatic carbocycles. The molecule has 12 heteroatoms. The van der Waals surface area contributed by atoms with Gasteiger partial charge in [0.1, 0.15) is 0 Å². The van der Waals surface area contributed by atoms with E-state index in [4.69, 9.17) is 17.1 Å². The fourth-order valence-electron chi connectivity index (χ4n) is 4.66. The van der Waals surface area contributed by atoms with Crippen LogP contribution in [0.5, 0.6) is 0 Å². The number of aromatic nitrogens is 1. The summed E-state index contributed by atoms with van der Waals surface area (Å²) in [5.41, 5.74) is 3.72. The van der Waals surface area contributed by atoms with Crippen molar-refractivity contribution in [2.45, 2.75) is 71.7 Å². The van der Waals surface area contributed by atoms with E-state index in [2.05, 4.69) is 43.1 Å². The maximum atomic E-state index is 13.2. The average Bonchev–Trinajstić information content (AvgIpc) is 3.50. The van der Waals surface area contributed by atoms with Gasteiger partial charge in [0.05, 0.1) is 41.5 Å². The minimum Gasteiger partial charge on any atom is -0.400 e. The molecule has 4 rings (SSSR count). The summed E-state index contributed by atoms with van der Waals surface area (Å²) in [6.07, 6.45) is 4.36. The van der Waals surface area contributed by atoms with Crippen molar-refractivity contribution in [1.29, 1.82) is 6.69 Å². The first kappa shape index (κ1) is 35.8. The first-order chi connectivity index (χ1) is 23.5. The lowest BCUT2D eigenvalue weighted by atomic mass is 10.1. The fourth-order valence-corrected chi connectivity index (χ4v) is 5.22. The molecule has 3 aromatic rings. The van der Waals surface area contributed by atoms with Gasteiger partial charge in [0.15, 0.2) is 9.03 Å². The van der Waals surface area contributed by atoms with Crippen LogP contribution >= 0.6 is 9.03 Å². The van der Waals surface area contributed by atoms with E-state index in [-0.39, 0.29) is 39.7 Å². The van der Waals surface area contributed by atoms with Crippen LogP contribution in [0.15, 0.2) is 66.7 Å². The Bertz CT molecular complexity index is 1500. The number of nitrogens with one attached hydrogen (secondary N) is 1. The molecule has 47 heavy (non-hydrogen) atoms. The second-order valence-electron chi connectivity index (χ2n) is 11.1. The first-order valence-corrected chi connectivity index (χ1v) is 16.1. The van der Waals surface area contributed by atoms with E-state index in [9.17, 15) is 14.9 Å². The first-order valence-electron chi connectivity index (χ1n) is 16.4. The van der Waals surface area contributed by atoms with Gasteiger partial charge in [-0.05, 0) is 61.4 Å². The molecular formula is C35H46N5O6P. The van der Waals surface area contributed by atoms with E-state index >= 15 is 0 Å². The molecule has 252 valence electrons. The molecule has 1 fully saturated rings. The van der Waals surface area contributed by atoms with Crippen molar-refractivity contribution in [3.05, 3.63) is 93.7 Å². The molecule has 1 aromatic heterocycles. The van der Waals surface area contributed by atoms with Gasteiger partial charge >= 0.3 is 0 Å². The average molecular weight is 667 g/mol. The molecule has 0 radical (unpaired) electrons. The highest BCUT2D eigenvalue weighted by Crippen LogP contribution is 2.28. The van der Waals surface area contributed by atoms with Crippen LogP contribution < -0.4 is 5.32 Å². The third-order valence-corrected chi connectivity index (χ3v) is 7.39. The van der Waals surface area contributed by atoms with Crippen LogP contribution in [0.1, 0.15) is 70.4 Å². The summed E-state index contributed by atoms with van der Waals surface area (Å²) in [7, 11) is 1.09. The number of nitriles is 1. The molecule has 1 amide bonds. The van der Waals surface area contributed by atoms with Gasteiger partial charge < -0.3 is 24.4 Å². The van der Waals surface area contributed by atoms with Crippen molar-refractivity contribution in [2.75, 3.05) is 20.3 Å². The highest BCUT2D eigenvalue weighted by Gasteiger charge is 2.33. The van der Waals surface area contributed by atoms with Crippen molar-refractivity contribution < 1.29 is 25.2 Å². The molecule has 0 spiro atoms. The monoisotopic (exact) mass is 666 g/mol. The minimum absolute atomic E-state index is 0.0421. The van der Waals surface area contributed by atoms with Gasteiger partial charge in [-0.15, -0.1) is 0 Å². The molecule has 11 nitrogen and oxygen atoms in total. The van der Waals surface area contributed by atoms with Crippen LogP contribution in [0.2, 0.25) is 0 Å². The van der Waals surface area contributed by atoms with Gasteiger partial charge in [-0.3, -0.25) is 14.9 Å². The lowest BCUT2D eigenvalue weighted by Gasteiger charge is -2.21. The van der Waals surface area contributed by atoms with E-state index in [0.29, 0.717) is 43.6 Å². The van der Waals surface area contributed by atoms with Crippen LogP contribution in [-0.2, 0) is 9.05 Å². The Hall–Kier alpha value is -4.04. The highest BCUT2D eigenvalue weighted by atomic mass is 31.1. The highest BCUT2D eigenvalue weighted by molar-refractivity contribution is 7.26. The van der Waals surface area contributed by atoms with Gasteiger partial charge in [-0.1, -0.05) is 52.0 Å². The number of aliphatic hydroxyl groups excluding tert-OH is 1. The van der Waals surface area contributed by atoms with Crippen molar-refractivity contribution >= 4 is 32.8 Å². The van der Waals surface area contributed by atoms with E-state index in [0.717, 1.165) is 22.5 Å². The number of aliphatic hydroxyl groups is 1. The fraction of sp³-hybridized carbons (Fsp3) is 0.400. The molecule has 2 aromatic carbocycles. The molecule has 1 unspecified atom stereocenters. The number of rotatable bonds is 12. The Labute approximate surface area is 282 Å². The van der Waals surface area contributed by atoms with Crippen LogP contribution in [0.4, 0.5) is 5.69 Å². The molecule has 0 bridgehead atoms. The second-order valence-corrected chi connectivity index (χ2v) is 11.8. The van der Waals surface area contributed by atoms with Gasteiger partial charge in [-0.2, -0.15) is 5.26 Å². The number of benzene rings is 2. The predicted molar refractivity (Wildman–Crippen MR) is 188 cm³/mol. The van der Waals surface area contributed by atoms with E-state index in [1.54, 1.807) is 29.2 Å². The summed E-state index contributed by atoms with van der Waals surface area (Å²) in [6.45, 7) is 9.40. The quantitative estimate of drug-likeness (QED) is 0.0912. The van der Waals surface area contributed by atoms with Crippen molar-refractivity contribution in [2.24, 2.45) is 0 Å². The number of hydrogen-bond acceptors (Lipinski definition) is 9. The molecular weight excluding hydrogens is 617 g/mol. The summed E-state index contributed by atoms with van der Waals surface area (Å²) in [5, 5.41) is 26.2. The number of non-ortho nitro benzene ring substituents is 1. The van der Waals surface area contributed by atoms with Gasteiger partial charge in [0, 0.05) is 56.4 Å². The Balaban J connectivity index is 0.000000731. The number of carbonyl (C=O) groups excluding carboxylic acids is 1. The van der Waals surface area contributed by atoms with Crippen LogP contribution in [0.25, 0.3) is 23.4 Å². The third kappa shape index (κ3) is 13.7. The molecule has 1 aliphatic rings. The van der Waals surface area contributed by atoms with Crippen LogP contribution in [0.3, 0.4) is 0 Å². The maximum absolute atomic E-state index is 13.2. The number of nitrogens with zero attached hydrogens (tertiary/aromatic N) is 4. The van der Waals surface area contributed by atoms with E-state index < -0.39 is 4.92 Å². The number of nitro groups is 1. The number of amides is 1. The molecule has 1 saturated heterocycles. The second kappa shape index (κ2) is 21.0. The predicted octanol–water partition coefficient (Wildman–Crippen LogP) is 6.89. The van der Waals surface area contributed by atoms with E-state index in [1.807, 2.05) is 48.6 Å². The Morgan fingerprint density at radius 1 is 1.21 bits per heavy atom. The van der Waals surface area contributed by atoms with Crippen molar-refractivity contribution in [3.8, 4) is 17.3 Å². The third-order valence-electron chi connectivity index (χ3n) is 6.64. The summed E-state index contributed by atoms with van der Waals surface area (Å²) < 4.78 is 24.6. The zero-order valence-corrected chi connectivity index (χ0v) is 28.6. The Morgan fingerprint density at radius 2 is 1.89 bits per heavy atom. The topological polar surface area (TPSA) is 151 Å². The number of pyridine rings is 1. The largest absolute Gasteiger partial charge is 0.400 e. The molecule has 2 N–H and O–H groups in total. The van der Waals surface area contributed by atoms with Gasteiger partial charge in [0.25, 0.3) is 11.6 Å². The van der Waals surface area contributed by atoms with Crippen molar-refractivity contribution in [1.82, 2.24) is 15.2 Å². The lowest BCUT2D eigenvalue weighted by molar-refractivity contribution is -0.384. The smallest absolute Gasteiger partial charge is 0.269 e. The molecule has 0 saturated carbocycles. The zero-order valence-electron chi connectivity index (χ0n) is 29.6.